The number of halogens is 1. The minimum Gasteiger partial charge on any atom is -0.392 e. The number of aliphatic hydroxyl groups is 1. The first-order valence-electron chi connectivity index (χ1n) is 6.25. The van der Waals surface area contributed by atoms with Gasteiger partial charge in [-0.25, -0.2) is 17.5 Å². The normalized spacial score (nSPS) is 13.1. The lowest BCUT2D eigenvalue weighted by Gasteiger charge is -2.14. The molecular weight excluding hydrogens is 295 g/mol. The summed E-state index contributed by atoms with van der Waals surface area (Å²) in [6.45, 7) is 1.12. The molecule has 0 aliphatic rings. The van der Waals surface area contributed by atoms with Crippen LogP contribution in [0.15, 0.2) is 47.6 Å². The van der Waals surface area contributed by atoms with Crippen molar-refractivity contribution in [2.75, 3.05) is 0 Å². The molecule has 0 saturated heterocycles. The summed E-state index contributed by atoms with van der Waals surface area (Å²) in [5.41, 5.74) is 0.650. The highest BCUT2D eigenvalue weighted by atomic mass is 32.2. The maximum atomic E-state index is 13.3. The Kier molecular flexibility index (Phi) is 4.66. The van der Waals surface area contributed by atoms with Gasteiger partial charge < -0.3 is 5.11 Å². The predicted octanol–water partition coefficient (Wildman–Crippen LogP) is 1.75. The van der Waals surface area contributed by atoms with Gasteiger partial charge in [0.05, 0.1) is 11.5 Å². The maximum absolute atomic E-state index is 13.3. The first-order chi connectivity index (χ1) is 9.94. The Morgan fingerprint density at radius 1 is 1.38 bits per heavy atom. The fraction of sp³-hybridized carbons (Fsp3) is 0.214. The van der Waals surface area contributed by atoms with Crippen LogP contribution in [0.5, 0.6) is 0 Å². The van der Waals surface area contributed by atoms with Crippen LogP contribution >= 0.6 is 0 Å². The van der Waals surface area contributed by atoms with Crippen LogP contribution in [0.2, 0.25) is 0 Å². The highest BCUT2D eigenvalue weighted by molar-refractivity contribution is 7.89. The molecule has 2 N–H and O–H groups in total. The van der Waals surface area contributed by atoms with Crippen LogP contribution in [0.25, 0.3) is 0 Å². The second-order valence-electron chi connectivity index (χ2n) is 4.54. The van der Waals surface area contributed by atoms with Crippen molar-refractivity contribution in [2.45, 2.75) is 24.5 Å². The zero-order valence-corrected chi connectivity index (χ0v) is 12.1. The minimum absolute atomic E-state index is 0.0631. The summed E-state index contributed by atoms with van der Waals surface area (Å²) in [6, 6.07) is 6.28. The van der Waals surface area contributed by atoms with Gasteiger partial charge in [0, 0.05) is 24.0 Å². The highest BCUT2D eigenvalue weighted by Crippen LogP contribution is 2.18. The third-order valence-electron chi connectivity index (χ3n) is 3.01. The molecule has 0 aliphatic heterocycles. The average molecular weight is 310 g/mol. The second kappa shape index (κ2) is 6.30. The molecule has 5 nitrogen and oxygen atoms in total. The third kappa shape index (κ3) is 3.63. The molecule has 0 bridgehead atoms. The van der Waals surface area contributed by atoms with Crippen LogP contribution in [-0.4, -0.2) is 18.5 Å². The average Bonchev–Trinajstić information content (AvgIpc) is 2.48. The van der Waals surface area contributed by atoms with Crippen molar-refractivity contribution < 1.29 is 17.9 Å². The summed E-state index contributed by atoms with van der Waals surface area (Å²) in [5, 5.41) is 9.01. The summed E-state index contributed by atoms with van der Waals surface area (Å²) >= 11 is 0. The number of hydrogen-bond donors (Lipinski definition) is 2. The lowest BCUT2D eigenvalue weighted by molar-refractivity contribution is 0.275. The van der Waals surface area contributed by atoms with Crippen molar-refractivity contribution in [3.05, 3.63) is 59.7 Å². The molecule has 7 heteroatoms. The lowest BCUT2D eigenvalue weighted by Crippen LogP contribution is -2.27. The van der Waals surface area contributed by atoms with E-state index in [9.17, 15) is 12.8 Å². The first-order valence-corrected chi connectivity index (χ1v) is 7.74. The summed E-state index contributed by atoms with van der Waals surface area (Å²) in [7, 11) is -3.81. The number of benzene rings is 1. The molecule has 112 valence electrons. The Morgan fingerprint density at radius 2 is 2.14 bits per heavy atom. The van der Waals surface area contributed by atoms with Gasteiger partial charge in [-0.3, -0.25) is 4.98 Å². The van der Waals surface area contributed by atoms with E-state index in [-0.39, 0.29) is 10.5 Å². The molecule has 2 aromatic rings. The van der Waals surface area contributed by atoms with E-state index in [1.54, 1.807) is 31.5 Å². The van der Waals surface area contributed by atoms with Crippen molar-refractivity contribution in [1.29, 1.82) is 0 Å². The smallest absolute Gasteiger partial charge is 0.241 e. The monoisotopic (exact) mass is 310 g/mol. The fourth-order valence-electron chi connectivity index (χ4n) is 1.84. The van der Waals surface area contributed by atoms with Gasteiger partial charge in [-0.1, -0.05) is 6.07 Å². The highest BCUT2D eigenvalue weighted by Gasteiger charge is 2.19. The van der Waals surface area contributed by atoms with E-state index in [4.69, 9.17) is 5.11 Å². The number of nitrogens with one attached hydrogen (secondary N) is 1. The Bertz CT molecular complexity index is 720. The molecule has 0 aliphatic carbocycles. The van der Waals surface area contributed by atoms with E-state index in [0.29, 0.717) is 5.56 Å². The van der Waals surface area contributed by atoms with E-state index >= 15 is 0 Å². The van der Waals surface area contributed by atoms with E-state index < -0.39 is 28.5 Å². The number of aliphatic hydroxyl groups excluding tert-OH is 1. The topological polar surface area (TPSA) is 79.3 Å². The summed E-state index contributed by atoms with van der Waals surface area (Å²) < 4.78 is 40.3. The summed E-state index contributed by atoms with van der Waals surface area (Å²) in [5.74, 6) is -0.642. The third-order valence-corrected chi connectivity index (χ3v) is 4.55. The van der Waals surface area contributed by atoms with Gasteiger partial charge in [0.1, 0.15) is 5.82 Å². The fourth-order valence-corrected chi connectivity index (χ4v) is 3.12. The summed E-state index contributed by atoms with van der Waals surface area (Å²) in [4.78, 5) is 3.84. The number of pyridine rings is 1. The van der Waals surface area contributed by atoms with Crippen molar-refractivity contribution in [2.24, 2.45) is 0 Å². The molecule has 1 unspecified atom stereocenters. The van der Waals surface area contributed by atoms with Gasteiger partial charge in [-0.15, -0.1) is 0 Å². The number of sulfonamides is 1. The molecule has 0 fully saturated rings. The van der Waals surface area contributed by atoms with Crippen molar-refractivity contribution in [1.82, 2.24) is 9.71 Å². The zero-order valence-electron chi connectivity index (χ0n) is 11.3. The molecule has 1 heterocycles. The van der Waals surface area contributed by atoms with Crippen LogP contribution in [0.1, 0.15) is 24.1 Å². The Morgan fingerprint density at radius 3 is 2.76 bits per heavy atom. The van der Waals surface area contributed by atoms with Gasteiger partial charge >= 0.3 is 0 Å². The van der Waals surface area contributed by atoms with Crippen LogP contribution in [0.3, 0.4) is 0 Å². The lowest BCUT2D eigenvalue weighted by atomic mass is 10.2. The van der Waals surface area contributed by atoms with E-state index in [1.807, 2.05) is 0 Å². The number of rotatable bonds is 5. The quantitative estimate of drug-likeness (QED) is 0.882. The first kappa shape index (κ1) is 15.6. The van der Waals surface area contributed by atoms with E-state index in [0.717, 1.165) is 18.2 Å². The molecule has 0 radical (unpaired) electrons. The predicted molar refractivity (Wildman–Crippen MR) is 75.3 cm³/mol. The molecule has 1 aromatic heterocycles. The molecule has 2 rings (SSSR count). The van der Waals surface area contributed by atoms with Crippen LogP contribution in [0, 0.1) is 5.82 Å². The standard InChI is InChI=1S/C14H15FN2O3S/c1-10(11-3-2-6-16-8-11)17-21(19,20)13-4-5-14(15)12(7-13)9-18/h2-8,10,17-18H,9H2,1H3. The van der Waals surface area contributed by atoms with Crippen molar-refractivity contribution in [3.8, 4) is 0 Å². The molecular formula is C14H15FN2O3S. The molecule has 21 heavy (non-hydrogen) atoms. The number of aromatic nitrogens is 1. The molecule has 1 atom stereocenters. The molecule has 0 amide bonds. The van der Waals surface area contributed by atoms with Crippen LogP contribution in [-0.2, 0) is 16.6 Å². The van der Waals surface area contributed by atoms with E-state index in [2.05, 4.69) is 9.71 Å². The van der Waals surface area contributed by atoms with Gasteiger partial charge in [-0.2, -0.15) is 0 Å². The van der Waals surface area contributed by atoms with Crippen LogP contribution < -0.4 is 4.72 Å². The summed E-state index contributed by atoms with van der Waals surface area (Å²) in [6.07, 6.45) is 3.16. The van der Waals surface area contributed by atoms with Crippen molar-refractivity contribution >= 4 is 10.0 Å². The second-order valence-corrected chi connectivity index (χ2v) is 6.25. The number of hydrogen-bond acceptors (Lipinski definition) is 4. The zero-order chi connectivity index (χ0) is 15.5. The Balaban J connectivity index is 2.26. The minimum atomic E-state index is -3.81. The Hall–Kier alpha value is -1.83. The molecule has 0 saturated carbocycles. The van der Waals surface area contributed by atoms with Gasteiger partial charge in [0.25, 0.3) is 0 Å². The number of nitrogens with zero attached hydrogens (tertiary/aromatic N) is 1. The molecule has 1 aromatic carbocycles. The maximum Gasteiger partial charge on any atom is 0.241 e. The molecule has 0 spiro atoms. The van der Waals surface area contributed by atoms with Gasteiger partial charge in [0.15, 0.2) is 0 Å². The largest absolute Gasteiger partial charge is 0.392 e. The van der Waals surface area contributed by atoms with Gasteiger partial charge in [-0.05, 0) is 36.8 Å². The van der Waals surface area contributed by atoms with Crippen LogP contribution in [0.4, 0.5) is 4.39 Å². The van der Waals surface area contributed by atoms with E-state index in [1.165, 1.54) is 0 Å². The van der Waals surface area contributed by atoms with Gasteiger partial charge in [0.2, 0.25) is 10.0 Å². The van der Waals surface area contributed by atoms with Crippen molar-refractivity contribution in [3.63, 3.8) is 0 Å². The SMILES string of the molecule is CC(NS(=O)(=O)c1ccc(F)c(CO)c1)c1cccnc1. The Labute approximate surface area is 122 Å².